The van der Waals surface area contributed by atoms with Crippen LogP contribution in [0, 0.1) is 11.3 Å². The predicted octanol–water partition coefficient (Wildman–Crippen LogP) is 7.27. The number of nitrogens with two attached hydrogens (primary N) is 1. The van der Waals surface area contributed by atoms with Gasteiger partial charge in [0.25, 0.3) is 0 Å². The average molecular weight is 571 g/mol. The van der Waals surface area contributed by atoms with Gasteiger partial charge in [0.15, 0.2) is 11.5 Å². The van der Waals surface area contributed by atoms with Crippen molar-refractivity contribution in [2.24, 2.45) is 5.73 Å². The maximum Gasteiger partial charge on any atom is 0.343 e. The second kappa shape index (κ2) is 14.8. The zero-order valence-electron chi connectivity index (χ0n) is 24.5. The van der Waals surface area contributed by atoms with E-state index < -0.39 is 11.9 Å². The molecule has 0 saturated carbocycles. The van der Waals surface area contributed by atoms with E-state index in [-0.39, 0.29) is 11.5 Å². The van der Waals surface area contributed by atoms with Crippen molar-refractivity contribution in [3.05, 3.63) is 88.8 Å². The van der Waals surface area contributed by atoms with Gasteiger partial charge in [-0.3, -0.25) is 0 Å². The minimum Gasteiger partial charge on any atom is -0.494 e. The van der Waals surface area contributed by atoms with Gasteiger partial charge in [0.05, 0.1) is 31.8 Å². The van der Waals surface area contributed by atoms with Gasteiger partial charge < -0.3 is 29.4 Å². The average Bonchev–Trinajstić information content (AvgIpc) is 3.01. The van der Waals surface area contributed by atoms with Crippen molar-refractivity contribution in [1.29, 1.82) is 5.26 Å². The van der Waals surface area contributed by atoms with E-state index in [9.17, 15) is 10.1 Å². The Morgan fingerprint density at radius 3 is 2.24 bits per heavy atom. The fourth-order valence-electron chi connectivity index (χ4n) is 4.75. The van der Waals surface area contributed by atoms with E-state index in [0.717, 1.165) is 44.1 Å². The van der Waals surface area contributed by atoms with Gasteiger partial charge in [-0.15, -0.1) is 0 Å². The molecule has 3 aromatic rings. The Morgan fingerprint density at radius 1 is 0.881 bits per heavy atom. The van der Waals surface area contributed by atoms with Gasteiger partial charge in [0, 0.05) is 11.6 Å². The molecule has 0 amide bonds. The van der Waals surface area contributed by atoms with Crippen LogP contribution in [0.1, 0.15) is 79.8 Å². The molecule has 0 saturated heterocycles. The number of ether oxygens (including phenoxy) is 5. The first kappa shape index (κ1) is 30.3. The summed E-state index contributed by atoms with van der Waals surface area (Å²) in [5.41, 5.74) is 8.37. The summed E-state index contributed by atoms with van der Waals surface area (Å²) in [6.07, 6.45) is 6.38. The third-order valence-corrected chi connectivity index (χ3v) is 7.03. The molecule has 220 valence electrons. The smallest absolute Gasteiger partial charge is 0.343 e. The minimum atomic E-state index is -0.514. The molecule has 1 heterocycles. The van der Waals surface area contributed by atoms with Crippen LogP contribution >= 0.6 is 0 Å². The van der Waals surface area contributed by atoms with Crippen molar-refractivity contribution in [3.8, 4) is 34.8 Å². The second-order valence-electron chi connectivity index (χ2n) is 10.1. The summed E-state index contributed by atoms with van der Waals surface area (Å²) in [4.78, 5) is 12.8. The van der Waals surface area contributed by atoms with Gasteiger partial charge >= 0.3 is 5.97 Å². The molecule has 0 radical (unpaired) electrons. The highest BCUT2D eigenvalue weighted by Gasteiger charge is 2.32. The van der Waals surface area contributed by atoms with Gasteiger partial charge in [0.1, 0.15) is 28.9 Å². The number of nitriles is 1. The lowest BCUT2D eigenvalue weighted by Gasteiger charge is -2.27. The fraction of sp³-hybridized carbons (Fsp3) is 0.353. The van der Waals surface area contributed by atoms with E-state index in [1.807, 2.05) is 18.2 Å². The van der Waals surface area contributed by atoms with E-state index in [4.69, 9.17) is 29.4 Å². The van der Waals surface area contributed by atoms with Gasteiger partial charge in [0.2, 0.25) is 5.88 Å². The van der Waals surface area contributed by atoms with E-state index in [1.165, 1.54) is 0 Å². The number of nitrogens with zero attached hydrogens (tertiary/aromatic N) is 1. The summed E-state index contributed by atoms with van der Waals surface area (Å²) >= 11 is 0. The number of methoxy groups -OCH3 is 1. The fourth-order valence-corrected chi connectivity index (χ4v) is 4.75. The quantitative estimate of drug-likeness (QED) is 0.122. The zero-order valence-corrected chi connectivity index (χ0v) is 24.5. The van der Waals surface area contributed by atoms with Crippen molar-refractivity contribution in [1.82, 2.24) is 0 Å². The maximum atomic E-state index is 12.8. The number of benzene rings is 3. The number of esters is 1. The Kier molecular flexibility index (Phi) is 10.7. The maximum absolute atomic E-state index is 12.8. The highest BCUT2D eigenvalue weighted by atomic mass is 16.5. The number of hydrogen-bond donors (Lipinski definition) is 1. The Labute approximate surface area is 247 Å². The lowest BCUT2D eigenvalue weighted by atomic mass is 9.83. The predicted molar refractivity (Wildman–Crippen MR) is 160 cm³/mol. The van der Waals surface area contributed by atoms with Gasteiger partial charge in [-0.2, -0.15) is 5.26 Å². The van der Waals surface area contributed by atoms with Crippen LogP contribution < -0.4 is 29.4 Å². The first-order chi connectivity index (χ1) is 20.5. The zero-order chi connectivity index (χ0) is 29.9. The largest absolute Gasteiger partial charge is 0.494 e. The topological polar surface area (TPSA) is 113 Å². The van der Waals surface area contributed by atoms with Crippen molar-refractivity contribution in [2.75, 3.05) is 20.3 Å². The van der Waals surface area contributed by atoms with Crippen LogP contribution in [-0.4, -0.2) is 26.3 Å². The van der Waals surface area contributed by atoms with Crippen LogP contribution in [0.15, 0.2) is 72.1 Å². The number of allylic oxidation sites excluding steroid dienone is 1. The van der Waals surface area contributed by atoms with Crippen LogP contribution in [0.5, 0.6) is 28.7 Å². The van der Waals surface area contributed by atoms with Crippen molar-refractivity contribution < 1.29 is 28.5 Å². The lowest BCUT2D eigenvalue weighted by molar-refractivity contribution is 0.0734. The molecule has 2 N–H and O–H groups in total. The second-order valence-corrected chi connectivity index (χ2v) is 10.1. The number of carbonyl (C=O) groups is 1. The van der Waals surface area contributed by atoms with E-state index in [0.29, 0.717) is 53.1 Å². The molecule has 8 nitrogen and oxygen atoms in total. The third-order valence-electron chi connectivity index (χ3n) is 7.03. The molecule has 0 fully saturated rings. The Morgan fingerprint density at radius 2 is 1.57 bits per heavy atom. The van der Waals surface area contributed by atoms with Crippen LogP contribution in [0.3, 0.4) is 0 Å². The van der Waals surface area contributed by atoms with Gasteiger partial charge in [-0.05, 0) is 60.9 Å². The highest BCUT2D eigenvalue weighted by molar-refractivity contribution is 5.91. The number of carbonyl (C=O) groups excluding carboxylic acids is 1. The molecule has 0 aromatic heterocycles. The molecule has 4 rings (SSSR count). The molecular weight excluding hydrogens is 532 g/mol. The summed E-state index contributed by atoms with van der Waals surface area (Å²) in [5.74, 6) is 1.58. The van der Waals surface area contributed by atoms with Crippen molar-refractivity contribution in [2.45, 2.75) is 58.3 Å². The molecule has 1 unspecified atom stereocenters. The Balaban J connectivity index is 1.52. The number of hydrogen-bond acceptors (Lipinski definition) is 8. The minimum absolute atomic E-state index is 0.00754. The SMILES string of the molecule is CCCCCOc1ccc(C(=O)Oc2ccc3c(c2)OC(N)=C(C#N)C3c2ccc(OCCCCC)c(OC)c2)cc1. The standard InChI is InChI=1S/C34H38N2O6/c1-4-6-8-18-39-25-13-10-23(11-14-25)34(37)41-26-15-16-27-30(21-26)42-33(36)28(22-35)32(27)24-12-17-29(31(20-24)38-3)40-19-9-7-5-2/h10-17,20-21,32H,4-9,18-19,36H2,1-3H3. The molecule has 8 heteroatoms. The van der Waals surface area contributed by atoms with Crippen LogP contribution in [-0.2, 0) is 0 Å². The van der Waals surface area contributed by atoms with E-state index in [2.05, 4.69) is 19.9 Å². The van der Waals surface area contributed by atoms with E-state index in [1.54, 1.807) is 49.6 Å². The van der Waals surface area contributed by atoms with Gasteiger partial charge in [-0.25, -0.2) is 4.79 Å². The first-order valence-corrected chi connectivity index (χ1v) is 14.5. The Bertz CT molecular complexity index is 1440. The van der Waals surface area contributed by atoms with Crippen LogP contribution in [0.25, 0.3) is 0 Å². The lowest BCUT2D eigenvalue weighted by Crippen LogP contribution is -2.21. The molecule has 1 aliphatic rings. The summed E-state index contributed by atoms with van der Waals surface area (Å²) < 4.78 is 28.7. The van der Waals surface area contributed by atoms with Gasteiger partial charge in [-0.1, -0.05) is 51.7 Å². The normalized spacial score (nSPS) is 13.9. The molecule has 3 aromatic carbocycles. The summed E-state index contributed by atoms with van der Waals surface area (Å²) in [6.45, 7) is 5.52. The number of unbranched alkanes of at least 4 members (excludes halogenated alkanes) is 4. The molecule has 42 heavy (non-hydrogen) atoms. The van der Waals surface area contributed by atoms with Crippen LogP contribution in [0.4, 0.5) is 0 Å². The number of fused-ring (bicyclic) bond motifs is 1. The molecule has 1 aliphatic heterocycles. The highest BCUT2D eigenvalue weighted by Crippen LogP contribution is 2.45. The van der Waals surface area contributed by atoms with Crippen molar-refractivity contribution >= 4 is 5.97 Å². The summed E-state index contributed by atoms with van der Waals surface area (Å²) in [5, 5.41) is 9.96. The molecule has 0 bridgehead atoms. The molecular formula is C34H38N2O6. The van der Waals surface area contributed by atoms with Crippen molar-refractivity contribution in [3.63, 3.8) is 0 Å². The third kappa shape index (κ3) is 7.35. The Hall–Kier alpha value is -4.64. The van der Waals surface area contributed by atoms with Crippen LogP contribution in [0.2, 0.25) is 0 Å². The van der Waals surface area contributed by atoms with E-state index >= 15 is 0 Å². The summed E-state index contributed by atoms with van der Waals surface area (Å²) in [7, 11) is 1.58. The number of rotatable bonds is 14. The molecule has 0 spiro atoms. The monoisotopic (exact) mass is 570 g/mol. The molecule has 1 atom stereocenters. The first-order valence-electron chi connectivity index (χ1n) is 14.5. The summed E-state index contributed by atoms with van der Waals surface area (Å²) in [6, 6.07) is 19.7. The molecule has 0 aliphatic carbocycles.